The van der Waals surface area contributed by atoms with Gasteiger partial charge in [-0.3, -0.25) is 0 Å². The Bertz CT molecular complexity index is 783. The lowest BCUT2D eigenvalue weighted by Gasteiger charge is -2.06. The third-order valence-corrected chi connectivity index (χ3v) is 3.60. The second-order valence-corrected chi connectivity index (χ2v) is 5.28. The average Bonchev–Trinajstić information content (AvgIpc) is 2.85. The second-order valence-electron chi connectivity index (χ2n) is 4.84. The van der Waals surface area contributed by atoms with Gasteiger partial charge in [-0.05, 0) is 35.9 Å². The first-order chi connectivity index (χ1) is 10.1. The quantitative estimate of drug-likeness (QED) is 0.735. The SMILES string of the molecule is Fc1ccc(F)c(CNCc2c[nH]c3cc(Cl)ccc23)c1. The zero-order valence-electron chi connectivity index (χ0n) is 11.1. The Morgan fingerprint density at radius 3 is 2.67 bits per heavy atom. The van der Waals surface area contributed by atoms with Gasteiger partial charge < -0.3 is 10.3 Å². The van der Waals surface area contributed by atoms with Gasteiger partial charge in [0, 0.05) is 40.8 Å². The summed E-state index contributed by atoms with van der Waals surface area (Å²) in [4.78, 5) is 3.14. The van der Waals surface area contributed by atoms with Crippen molar-refractivity contribution in [2.24, 2.45) is 0 Å². The fraction of sp³-hybridized carbons (Fsp3) is 0.125. The van der Waals surface area contributed by atoms with Crippen LogP contribution < -0.4 is 5.32 Å². The van der Waals surface area contributed by atoms with Gasteiger partial charge in [0.2, 0.25) is 0 Å². The van der Waals surface area contributed by atoms with E-state index >= 15 is 0 Å². The van der Waals surface area contributed by atoms with E-state index in [1.165, 1.54) is 6.07 Å². The highest BCUT2D eigenvalue weighted by molar-refractivity contribution is 6.31. The van der Waals surface area contributed by atoms with E-state index in [9.17, 15) is 8.78 Å². The molecular weight excluding hydrogens is 294 g/mol. The monoisotopic (exact) mass is 306 g/mol. The van der Waals surface area contributed by atoms with Crippen molar-refractivity contribution in [1.82, 2.24) is 10.3 Å². The summed E-state index contributed by atoms with van der Waals surface area (Å²) < 4.78 is 26.6. The third kappa shape index (κ3) is 3.06. The Balaban J connectivity index is 1.71. The molecule has 0 fully saturated rings. The number of H-pyrrole nitrogens is 1. The predicted octanol–water partition coefficient (Wildman–Crippen LogP) is 4.39. The molecule has 0 atom stereocenters. The van der Waals surface area contributed by atoms with Crippen molar-refractivity contribution < 1.29 is 8.78 Å². The number of aromatic amines is 1. The molecule has 0 aliphatic rings. The molecular formula is C16H13ClF2N2. The molecule has 3 rings (SSSR count). The summed E-state index contributed by atoms with van der Waals surface area (Å²) in [5.74, 6) is -0.843. The van der Waals surface area contributed by atoms with Crippen LogP contribution in [0.4, 0.5) is 8.78 Å². The van der Waals surface area contributed by atoms with Crippen molar-refractivity contribution in [2.45, 2.75) is 13.1 Å². The van der Waals surface area contributed by atoms with Crippen LogP contribution in [0.3, 0.4) is 0 Å². The maximum Gasteiger partial charge on any atom is 0.127 e. The number of rotatable bonds is 4. The van der Waals surface area contributed by atoms with E-state index in [2.05, 4.69) is 10.3 Å². The molecule has 0 aliphatic heterocycles. The van der Waals surface area contributed by atoms with Crippen LogP contribution in [-0.2, 0) is 13.1 Å². The number of fused-ring (bicyclic) bond motifs is 1. The second kappa shape index (κ2) is 5.84. The highest BCUT2D eigenvalue weighted by Crippen LogP contribution is 2.22. The van der Waals surface area contributed by atoms with Gasteiger partial charge in [0.05, 0.1) is 0 Å². The van der Waals surface area contributed by atoms with E-state index in [1.54, 1.807) is 0 Å². The molecule has 108 valence electrons. The molecule has 0 amide bonds. The summed E-state index contributed by atoms with van der Waals surface area (Å²) in [6, 6.07) is 9.08. The molecule has 0 radical (unpaired) electrons. The van der Waals surface area contributed by atoms with E-state index < -0.39 is 11.6 Å². The lowest BCUT2D eigenvalue weighted by atomic mass is 10.1. The minimum absolute atomic E-state index is 0.268. The van der Waals surface area contributed by atoms with Gasteiger partial charge in [0.1, 0.15) is 11.6 Å². The van der Waals surface area contributed by atoms with E-state index in [0.29, 0.717) is 17.1 Å². The summed E-state index contributed by atoms with van der Waals surface area (Å²) in [5.41, 5.74) is 2.33. The van der Waals surface area contributed by atoms with Crippen molar-refractivity contribution in [2.75, 3.05) is 0 Å². The van der Waals surface area contributed by atoms with Crippen LogP contribution in [0.5, 0.6) is 0 Å². The summed E-state index contributed by atoms with van der Waals surface area (Å²) in [6.07, 6.45) is 1.88. The number of hydrogen-bond donors (Lipinski definition) is 2. The molecule has 0 aliphatic carbocycles. The standard InChI is InChI=1S/C16H13ClF2N2/c17-12-1-3-14-11(9-21-16(14)6-12)8-20-7-10-5-13(18)2-4-15(10)19/h1-6,9,20-21H,7-8H2. The topological polar surface area (TPSA) is 27.8 Å². The number of halogens is 3. The van der Waals surface area contributed by atoms with Crippen LogP contribution >= 0.6 is 11.6 Å². The van der Waals surface area contributed by atoms with Gasteiger partial charge in [-0.1, -0.05) is 17.7 Å². The van der Waals surface area contributed by atoms with Crippen LogP contribution in [0.15, 0.2) is 42.6 Å². The third-order valence-electron chi connectivity index (χ3n) is 3.37. The number of hydrogen-bond acceptors (Lipinski definition) is 1. The summed E-state index contributed by atoms with van der Waals surface area (Å²) in [5, 5.41) is 4.85. The first kappa shape index (κ1) is 14.0. The van der Waals surface area contributed by atoms with Crippen LogP contribution in [0.1, 0.15) is 11.1 Å². The average molecular weight is 307 g/mol. The maximum absolute atomic E-state index is 13.5. The summed E-state index contributed by atoms with van der Waals surface area (Å²) in [7, 11) is 0. The van der Waals surface area contributed by atoms with E-state index in [-0.39, 0.29) is 6.54 Å². The maximum atomic E-state index is 13.5. The molecule has 0 bridgehead atoms. The fourth-order valence-corrected chi connectivity index (χ4v) is 2.49. The minimum Gasteiger partial charge on any atom is -0.361 e. The normalized spacial score (nSPS) is 11.2. The van der Waals surface area contributed by atoms with Crippen LogP contribution in [0.2, 0.25) is 5.02 Å². The Kier molecular flexibility index (Phi) is 3.90. The Hall–Kier alpha value is -1.91. The highest BCUT2D eigenvalue weighted by Gasteiger charge is 2.06. The Morgan fingerprint density at radius 2 is 1.81 bits per heavy atom. The molecule has 21 heavy (non-hydrogen) atoms. The molecule has 3 aromatic rings. The molecule has 0 unspecified atom stereocenters. The predicted molar refractivity (Wildman–Crippen MR) is 80.2 cm³/mol. The van der Waals surface area contributed by atoms with Crippen molar-refractivity contribution in [1.29, 1.82) is 0 Å². The molecule has 1 aromatic heterocycles. The molecule has 2 aromatic carbocycles. The van der Waals surface area contributed by atoms with Crippen LogP contribution in [0, 0.1) is 11.6 Å². The Labute approximate surface area is 125 Å². The summed E-state index contributed by atoms with van der Waals surface area (Å²) in [6.45, 7) is 0.821. The number of benzene rings is 2. The molecule has 0 saturated carbocycles. The first-order valence-electron chi connectivity index (χ1n) is 6.53. The van der Waals surface area contributed by atoms with Gasteiger partial charge >= 0.3 is 0 Å². The van der Waals surface area contributed by atoms with E-state index in [1.807, 2.05) is 24.4 Å². The van der Waals surface area contributed by atoms with Crippen molar-refractivity contribution >= 4 is 22.5 Å². The van der Waals surface area contributed by atoms with Crippen molar-refractivity contribution in [3.63, 3.8) is 0 Å². The van der Waals surface area contributed by atoms with E-state index in [0.717, 1.165) is 28.6 Å². The van der Waals surface area contributed by atoms with Gasteiger partial charge in [-0.25, -0.2) is 8.78 Å². The molecule has 0 spiro atoms. The highest BCUT2D eigenvalue weighted by atomic mass is 35.5. The number of nitrogens with one attached hydrogen (secondary N) is 2. The lowest BCUT2D eigenvalue weighted by molar-refractivity contribution is 0.569. The molecule has 5 heteroatoms. The largest absolute Gasteiger partial charge is 0.361 e. The Morgan fingerprint density at radius 1 is 1.00 bits per heavy atom. The van der Waals surface area contributed by atoms with Crippen molar-refractivity contribution in [3.8, 4) is 0 Å². The molecule has 0 saturated heterocycles. The molecule has 1 heterocycles. The molecule has 2 N–H and O–H groups in total. The summed E-state index contributed by atoms with van der Waals surface area (Å²) >= 11 is 5.93. The van der Waals surface area contributed by atoms with Crippen LogP contribution in [-0.4, -0.2) is 4.98 Å². The lowest BCUT2D eigenvalue weighted by Crippen LogP contribution is -2.13. The van der Waals surface area contributed by atoms with Gasteiger partial charge in [0.15, 0.2) is 0 Å². The molecule has 2 nitrogen and oxygen atoms in total. The minimum atomic E-state index is -0.435. The van der Waals surface area contributed by atoms with Gasteiger partial charge in [-0.2, -0.15) is 0 Å². The van der Waals surface area contributed by atoms with Crippen LogP contribution in [0.25, 0.3) is 10.9 Å². The van der Waals surface area contributed by atoms with Gasteiger partial charge in [-0.15, -0.1) is 0 Å². The van der Waals surface area contributed by atoms with Gasteiger partial charge in [0.25, 0.3) is 0 Å². The fourth-order valence-electron chi connectivity index (χ4n) is 2.32. The zero-order chi connectivity index (χ0) is 14.8. The first-order valence-corrected chi connectivity index (χ1v) is 6.91. The smallest absolute Gasteiger partial charge is 0.127 e. The van der Waals surface area contributed by atoms with Crippen molar-refractivity contribution in [3.05, 3.63) is 70.4 Å². The number of aromatic nitrogens is 1. The van der Waals surface area contributed by atoms with E-state index in [4.69, 9.17) is 11.6 Å². The zero-order valence-corrected chi connectivity index (χ0v) is 11.8.